The highest BCUT2D eigenvalue weighted by molar-refractivity contribution is 5.78. The summed E-state index contributed by atoms with van der Waals surface area (Å²) < 4.78 is 14.6. The van der Waals surface area contributed by atoms with Crippen LogP contribution in [-0.4, -0.2) is 21.8 Å². The van der Waals surface area contributed by atoms with E-state index >= 15 is 0 Å². The molecule has 1 amide bonds. The number of amides is 1. The van der Waals surface area contributed by atoms with E-state index in [-0.39, 0.29) is 18.1 Å². The summed E-state index contributed by atoms with van der Waals surface area (Å²) in [4.78, 5) is 16.0. The number of rotatable bonds is 5. The quantitative estimate of drug-likeness (QED) is 0.898. The minimum atomic E-state index is -0.321. The van der Waals surface area contributed by atoms with Crippen LogP contribution in [0.15, 0.2) is 24.5 Å². The Kier molecular flexibility index (Phi) is 4.14. The van der Waals surface area contributed by atoms with Gasteiger partial charge in [-0.3, -0.25) is 4.79 Å². The Hall–Kier alpha value is -1.91. The van der Waals surface area contributed by atoms with Gasteiger partial charge in [-0.2, -0.15) is 0 Å². The van der Waals surface area contributed by atoms with E-state index in [9.17, 15) is 9.18 Å². The summed E-state index contributed by atoms with van der Waals surface area (Å²) >= 11 is 0. The minimum Gasteiger partial charge on any atom is -0.356 e. The predicted molar refractivity (Wildman–Crippen MR) is 71.3 cm³/mol. The Morgan fingerprint density at radius 1 is 1.42 bits per heavy atom. The third kappa shape index (κ3) is 3.77. The second-order valence-corrected chi connectivity index (χ2v) is 5.05. The molecule has 19 heavy (non-hydrogen) atoms. The zero-order chi connectivity index (χ0) is 13.8. The van der Waals surface area contributed by atoms with Crippen molar-refractivity contribution in [2.45, 2.75) is 26.7 Å². The van der Waals surface area contributed by atoms with Crippen LogP contribution in [0.1, 0.15) is 26.0 Å². The zero-order valence-corrected chi connectivity index (χ0v) is 11.2. The van der Waals surface area contributed by atoms with Gasteiger partial charge in [0.05, 0.1) is 12.1 Å². The average Bonchev–Trinajstić information content (AvgIpc) is 2.69. The number of pyridine rings is 1. The van der Waals surface area contributed by atoms with E-state index in [0.717, 1.165) is 6.42 Å². The van der Waals surface area contributed by atoms with E-state index in [2.05, 4.69) is 24.1 Å². The number of carbonyl (C=O) groups excluding carboxylic acids is 1. The van der Waals surface area contributed by atoms with Crippen LogP contribution < -0.4 is 5.32 Å². The van der Waals surface area contributed by atoms with Gasteiger partial charge in [0.1, 0.15) is 11.5 Å². The first kappa shape index (κ1) is 13.5. The number of imidazole rings is 1. The summed E-state index contributed by atoms with van der Waals surface area (Å²) in [6, 6.07) is 2.95. The molecule has 102 valence electrons. The Morgan fingerprint density at radius 2 is 2.21 bits per heavy atom. The molecule has 0 aliphatic heterocycles. The lowest BCUT2D eigenvalue weighted by Gasteiger charge is -2.05. The number of nitrogens with one attached hydrogen (secondary N) is 1. The molecular formula is C14H18FN3O. The molecule has 5 heteroatoms. The van der Waals surface area contributed by atoms with Gasteiger partial charge in [0.15, 0.2) is 0 Å². The van der Waals surface area contributed by atoms with E-state index in [1.165, 1.54) is 12.3 Å². The number of hydrogen-bond acceptors (Lipinski definition) is 2. The average molecular weight is 263 g/mol. The van der Waals surface area contributed by atoms with Gasteiger partial charge in [-0.05, 0) is 24.5 Å². The molecule has 0 aliphatic carbocycles. The van der Waals surface area contributed by atoms with Gasteiger partial charge in [-0.25, -0.2) is 9.37 Å². The molecule has 0 bridgehead atoms. The molecule has 0 aliphatic rings. The third-order valence-electron chi connectivity index (χ3n) is 2.85. The third-order valence-corrected chi connectivity index (χ3v) is 2.85. The molecule has 0 unspecified atom stereocenters. The highest BCUT2D eigenvalue weighted by Gasteiger charge is 2.08. The first-order chi connectivity index (χ1) is 9.04. The van der Waals surface area contributed by atoms with Crippen molar-refractivity contribution < 1.29 is 9.18 Å². The Balaban J connectivity index is 1.95. The van der Waals surface area contributed by atoms with Crippen LogP contribution in [0, 0.1) is 11.7 Å². The SMILES string of the molecule is CC(C)CCNC(=O)Cc1cn2cc(F)ccc2n1. The van der Waals surface area contributed by atoms with Crippen molar-refractivity contribution in [1.29, 1.82) is 0 Å². The molecule has 0 saturated heterocycles. The van der Waals surface area contributed by atoms with Crippen molar-refractivity contribution in [1.82, 2.24) is 14.7 Å². The van der Waals surface area contributed by atoms with Crippen molar-refractivity contribution in [3.05, 3.63) is 36.0 Å². The molecule has 2 aromatic heterocycles. The van der Waals surface area contributed by atoms with Crippen molar-refractivity contribution >= 4 is 11.6 Å². The smallest absolute Gasteiger partial charge is 0.226 e. The summed E-state index contributed by atoms with van der Waals surface area (Å²) in [6.07, 6.45) is 4.21. The van der Waals surface area contributed by atoms with Crippen LogP contribution in [0.3, 0.4) is 0 Å². The maximum Gasteiger partial charge on any atom is 0.226 e. The van der Waals surface area contributed by atoms with Gasteiger partial charge in [0, 0.05) is 18.9 Å². The van der Waals surface area contributed by atoms with Crippen molar-refractivity contribution in [3.63, 3.8) is 0 Å². The van der Waals surface area contributed by atoms with E-state index in [1.54, 1.807) is 16.7 Å². The van der Waals surface area contributed by atoms with Crippen LogP contribution in [0.2, 0.25) is 0 Å². The molecule has 0 fully saturated rings. The fourth-order valence-corrected chi connectivity index (χ4v) is 1.83. The van der Waals surface area contributed by atoms with Gasteiger partial charge in [-0.1, -0.05) is 13.8 Å². The second-order valence-electron chi connectivity index (χ2n) is 5.05. The van der Waals surface area contributed by atoms with E-state index in [1.807, 2.05) is 0 Å². The number of halogens is 1. The molecule has 4 nitrogen and oxygen atoms in total. The van der Waals surface area contributed by atoms with Gasteiger partial charge in [0.25, 0.3) is 0 Å². The van der Waals surface area contributed by atoms with E-state index < -0.39 is 0 Å². The standard InChI is InChI=1S/C14H18FN3O/c1-10(2)5-6-16-14(19)7-12-9-18-8-11(15)3-4-13(18)17-12/h3-4,8-10H,5-7H2,1-2H3,(H,16,19). The summed E-state index contributed by atoms with van der Waals surface area (Å²) in [5, 5.41) is 2.86. The fourth-order valence-electron chi connectivity index (χ4n) is 1.83. The van der Waals surface area contributed by atoms with Gasteiger partial charge in [0.2, 0.25) is 5.91 Å². The lowest BCUT2D eigenvalue weighted by molar-refractivity contribution is -0.120. The van der Waals surface area contributed by atoms with Gasteiger partial charge in [-0.15, -0.1) is 0 Å². The normalized spacial score (nSPS) is 11.2. The summed E-state index contributed by atoms with van der Waals surface area (Å²) in [6.45, 7) is 4.91. The fraction of sp³-hybridized carbons (Fsp3) is 0.429. The Bertz CT molecular complexity index is 577. The number of hydrogen-bond donors (Lipinski definition) is 1. The lowest BCUT2D eigenvalue weighted by Crippen LogP contribution is -2.26. The number of carbonyl (C=O) groups is 1. The highest BCUT2D eigenvalue weighted by atomic mass is 19.1. The minimum absolute atomic E-state index is 0.0514. The van der Waals surface area contributed by atoms with Gasteiger partial charge < -0.3 is 9.72 Å². The summed E-state index contributed by atoms with van der Waals surface area (Å²) in [7, 11) is 0. The predicted octanol–water partition coefficient (Wildman–Crippen LogP) is 2.18. The molecular weight excluding hydrogens is 245 g/mol. The molecule has 0 saturated carbocycles. The lowest BCUT2D eigenvalue weighted by atomic mass is 10.1. The molecule has 0 spiro atoms. The van der Waals surface area contributed by atoms with Crippen molar-refractivity contribution in [2.24, 2.45) is 5.92 Å². The Morgan fingerprint density at radius 3 is 2.95 bits per heavy atom. The Labute approximate surface area is 111 Å². The monoisotopic (exact) mass is 263 g/mol. The number of aromatic nitrogens is 2. The first-order valence-corrected chi connectivity index (χ1v) is 6.44. The van der Waals surface area contributed by atoms with Crippen LogP contribution in [0.4, 0.5) is 4.39 Å². The second kappa shape index (κ2) is 5.82. The summed E-state index contributed by atoms with van der Waals surface area (Å²) in [5.74, 6) is 0.195. The maximum absolute atomic E-state index is 13.0. The first-order valence-electron chi connectivity index (χ1n) is 6.44. The zero-order valence-electron chi connectivity index (χ0n) is 11.2. The van der Waals surface area contributed by atoms with Crippen LogP contribution in [0.5, 0.6) is 0 Å². The topological polar surface area (TPSA) is 46.4 Å². The highest BCUT2D eigenvalue weighted by Crippen LogP contribution is 2.07. The largest absolute Gasteiger partial charge is 0.356 e. The van der Waals surface area contributed by atoms with Gasteiger partial charge >= 0.3 is 0 Å². The molecule has 1 N–H and O–H groups in total. The summed E-state index contributed by atoms with van der Waals surface area (Å²) in [5.41, 5.74) is 1.29. The maximum atomic E-state index is 13.0. The van der Waals surface area contributed by atoms with E-state index in [0.29, 0.717) is 23.8 Å². The van der Waals surface area contributed by atoms with E-state index in [4.69, 9.17) is 0 Å². The van der Waals surface area contributed by atoms with Crippen molar-refractivity contribution in [2.75, 3.05) is 6.54 Å². The molecule has 2 heterocycles. The molecule has 0 aromatic carbocycles. The molecule has 0 radical (unpaired) electrons. The van der Waals surface area contributed by atoms with Crippen molar-refractivity contribution in [3.8, 4) is 0 Å². The number of fused-ring (bicyclic) bond motifs is 1. The molecule has 2 rings (SSSR count). The van der Waals surface area contributed by atoms with Crippen LogP contribution in [0.25, 0.3) is 5.65 Å². The number of nitrogens with zero attached hydrogens (tertiary/aromatic N) is 2. The van der Waals surface area contributed by atoms with Crippen LogP contribution >= 0.6 is 0 Å². The molecule has 0 atom stereocenters. The molecule has 2 aromatic rings. The van der Waals surface area contributed by atoms with Crippen LogP contribution in [-0.2, 0) is 11.2 Å².